The van der Waals surface area contributed by atoms with Crippen molar-refractivity contribution in [3.8, 4) is 11.4 Å². The fourth-order valence-corrected chi connectivity index (χ4v) is 2.95. The van der Waals surface area contributed by atoms with Gasteiger partial charge in [-0.1, -0.05) is 29.8 Å². The Hall–Kier alpha value is -2.79. The molecule has 26 heavy (non-hydrogen) atoms. The third kappa shape index (κ3) is 3.89. The quantitative estimate of drug-likeness (QED) is 0.718. The van der Waals surface area contributed by atoms with Crippen molar-refractivity contribution < 1.29 is 9.53 Å². The highest BCUT2D eigenvalue weighted by Gasteiger charge is 2.15. The summed E-state index contributed by atoms with van der Waals surface area (Å²) in [6, 6.07) is 15.2. The van der Waals surface area contributed by atoms with Gasteiger partial charge in [0.1, 0.15) is 5.75 Å². The summed E-state index contributed by atoms with van der Waals surface area (Å²) in [5, 5.41) is 7.98. The van der Waals surface area contributed by atoms with E-state index in [0.29, 0.717) is 23.6 Å². The molecule has 0 saturated heterocycles. The highest BCUT2D eigenvalue weighted by molar-refractivity contribution is 6.31. The van der Waals surface area contributed by atoms with Crippen LogP contribution < -0.4 is 10.1 Å². The number of carbonyl (C=O) groups is 1. The SMILES string of the molecule is COc1ccc(-n2ncc(C(=O)NCCc3ccccc3Cl)c2C)cc1. The summed E-state index contributed by atoms with van der Waals surface area (Å²) in [4.78, 5) is 12.5. The van der Waals surface area contributed by atoms with Gasteiger partial charge in [0, 0.05) is 11.6 Å². The maximum absolute atomic E-state index is 12.5. The molecule has 0 unspecified atom stereocenters. The molecule has 3 aromatic rings. The van der Waals surface area contributed by atoms with E-state index in [-0.39, 0.29) is 5.91 Å². The number of amides is 1. The number of nitrogens with one attached hydrogen (secondary N) is 1. The Morgan fingerprint density at radius 2 is 1.92 bits per heavy atom. The number of nitrogens with zero attached hydrogens (tertiary/aromatic N) is 2. The van der Waals surface area contributed by atoms with Gasteiger partial charge in [-0.2, -0.15) is 5.10 Å². The lowest BCUT2D eigenvalue weighted by atomic mass is 10.1. The van der Waals surface area contributed by atoms with E-state index in [2.05, 4.69) is 10.4 Å². The Morgan fingerprint density at radius 3 is 2.62 bits per heavy atom. The molecule has 1 heterocycles. The maximum Gasteiger partial charge on any atom is 0.254 e. The zero-order valence-electron chi connectivity index (χ0n) is 14.7. The monoisotopic (exact) mass is 369 g/mol. The molecule has 0 atom stereocenters. The molecule has 0 spiro atoms. The third-order valence-corrected chi connectivity index (χ3v) is 4.58. The van der Waals surface area contributed by atoms with Gasteiger partial charge in [-0.05, 0) is 49.2 Å². The smallest absolute Gasteiger partial charge is 0.254 e. The predicted octanol–water partition coefficient (Wildman–Crippen LogP) is 3.82. The molecular formula is C20H20ClN3O2. The summed E-state index contributed by atoms with van der Waals surface area (Å²) in [7, 11) is 1.62. The van der Waals surface area contributed by atoms with Crippen molar-refractivity contribution in [2.45, 2.75) is 13.3 Å². The van der Waals surface area contributed by atoms with Crippen LogP contribution in [0, 0.1) is 6.92 Å². The van der Waals surface area contributed by atoms with E-state index < -0.39 is 0 Å². The van der Waals surface area contributed by atoms with Crippen molar-refractivity contribution in [2.75, 3.05) is 13.7 Å². The van der Waals surface area contributed by atoms with Crippen LogP contribution in [-0.2, 0) is 6.42 Å². The summed E-state index contributed by atoms with van der Waals surface area (Å²) in [5.74, 6) is 0.630. The van der Waals surface area contributed by atoms with Crippen LogP contribution in [0.5, 0.6) is 5.75 Å². The normalized spacial score (nSPS) is 10.6. The van der Waals surface area contributed by atoms with Crippen LogP contribution in [0.3, 0.4) is 0 Å². The number of carbonyl (C=O) groups excluding carboxylic acids is 1. The average molecular weight is 370 g/mol. The maximum atomic E-state index is 12.5. The van der Waals surface area contributed by atoms with E-state index in [1.165, 1.54) is 0 Å². The van der Waals surface area contributed by atoms with Crippen molar-refractivity contribution in [3.63, 3.8) is 0 Å². The highest BCUT2D eigenvalue weighted by Crippen LogP contribution is 2.18. The van der Waals surface area contributed by atoms with Crippen LogP contribution in [0.25, 0.3) is 5.69 Å². The second kappa shape index (κ2) is 8.06. The number of benzene rings is 2. The Kier molecular flexibility index (Phi) is 5.58. The van der Waals surface area contributed by atoms with Crippen LogP contribution >= 0.6 is 11.6 Å². The van der Waals surface area contributed by atoms with Gasteiger partial charge in [0.15, 0.2) is 0 Å². The molecule has 1 aromatic heterocycles. The molecule has 0 saturated carbocycles. The number of methoxy groups -OCH3 is 1. The second-order valence-corrected chi connectivity index (χ2v) is 6.26. The molecule has 0 aliphatic rings. The lowest BCUT2D eigenvalue weighted by Crippen LogP contribution is -2.26. The predicted molar refractivity (Wildman–Crippen MR) is 102 cm³/mol. The molecule has 0 fully saturated rings. The Bertz CT molecular complexity index is 904. The molecule has 0 aliphatic carbocycles. The van der Waals surface area contributed by atoms with E-state index in [4.69, 9.17) is 16.3 Å². The largest absolute Gasteiger partial charge is 0.497 e. The minimum absolute atomic E-state index is 0.144. The van der Waals surface area contributed by atoms with Crippen LogP contribution in [-0.4, -0.2) is 29.3 Å². The Balaban J connectivity index is 1.66. The Labute approximate surface area is 157 Å². The van der Waals surface area contributed by atoms with Crippen molar-refractivity contribution in [2.24, 2.45) is 0 Å². The number of aromatic nitrogens is 2. The van der Waals surface area contributed by atoms with E-state index >= 15 is 0 Å². The summed E-state index contributed by atoms with van der Waals surface area (Å²) < 4.78 is 6.90. The summed E-state index contributed by atoms with van der Waals surface area (Å²) in [5.41, 5.74) is 3.23. The van der Waals surface area contributed by atoms with Gasteiger partial charge in [0.05, 0.1) is 30.3 Å². The number of hydrogen-bond acceptors (Lipinski definition) is 3. The Morgan fingerprint density at radius 1 is 1.19 bits per heavy atom. The number of halogens is 1. The first-order valence-corrected chi connectivity index (χ1v) is 8.68. The van der Waals surface area contributed by atoms with E-state index in [9.17, 15) is 4.79 Å². The first kappa shape index (κ1) is 18.0. The molecule has 0 aliphatic heterocycles. The fourth-order valence-electron chi connectivity index (χ4n) is 2.72. The van der Waals surface area contributed by atoms with Crippen LogP contribution in [0.1, 0.15) is 21.6 Å². The molecule has 134 valence electrons. The lowest BCUT2D eigenvalue weighted by Gasteiger charge is -2.08. The molecule has 1 amide bonds. The number of rotatable bonds is 6. The van der Waals surface area contributed by atoms with Crippen LogP contribution in [0.2, 0.25) is 5.02 Å². The average Bonchev–Trinajstić information content (AvgIpc) is 3.05. The third-order valence-electron chi connectivity index (χ3n) is 4.21. The van der Waals surface area contributed by atoms with Crippen molar-refractivity contribution in [3.05, 3.63) is 76.6 Å². The minimum Gasteiger partial charge on any atom is -0.497 e. The molecule has 5 nitrogen and oxygen atoms in total. The zero-order valence-corrected chi connectivity index (χ0v) is 15.5. The van der Waals surface area contributed by atoms with Crippen molar-refractivity contribution >= 4 is 17.5 Å². The van der Waals surface area contributed by atoms with Gasteiger partial charge < -0.3 is 10.1 Å². The highest BCUT2D eigenvalue weighted by atomic mass is 35.5. The number of hydrogen-bond donors (Lipinski definition) is 1. The standard InChI is InChI=1S/C20H20ClN3O2/c1-14-18(13-23-24(14)16-7-9-17(26-2)10-8-16)20(25)22-12-11-15-5-3-4-6-19(15)21/h3-10,13H,11-12H2,1-2H3,(H,22,25). The fraction of sp³-hybridized carbons (Fsp3) is 0.200. The number of ether oxygens (including phenoxy) is 1. The van der Waals surface area contributed by atoms with Gasteiger partial charge in [-0.25, -0.2) is 4.68 Å². The van der Waals surface area contributed by atoms with Crippen LogP contribution in [0.4, 0.5) is 0 Å². The molecule has 0 bridgehead atoms. The molecular weight excluding hydrogens is 350 g/mol. The van der Waals surface area contributed by atoms with Gasteiger partial charge in [0.25, 0.3) is 5.91 Å². The molecule has 3 rings (SSSR count). The van der Waals surface area contributed by atoms with Crippen molar-refractivity contribution in [1.29, 1.82) is 0 Å². The summed E-state index contributed by atoms with van der Waals surface area (Å²) in [6.07, 6.45) is 2.27. The summed E-state index contributed by atoms with van der Waals surface area (Å²) in [6.45, 7) is 2.38. The molecule has 6 heteroatoms. The lowest BCUT2D eigenvalue weighted by molar-refractivity contribution is 0.0953. The topological polar surface area (TPSA) is 56.2 Å². The summed E-state index contributed by atoms with van der Waals surface area (Å²) >= 11 is 6.14. The van der Waals surface area contributed by atoms with E-state index in [0.717, 1.165) is 22.7 Å². The van der Waals surface area contributed by atoms with E-state index in [1.54, 1.807) is 18.0 Å². The van der Waals surface area contributed by atoms with Gasteiger partial charge in [-0.15, -0.1) is 0 Å². The molecule has 1 N–H and O–H groups in total. The van der Waals surface area contributed by atoms with Crippen molar-refractivity contribution in [1.82, 2.24) is 15.1 Å². The van der Waals surface area contributed by atoms with Gasteiger partial charge in [0.2, 0.25) is 0 Å². The first-order chi connectivity index (χ1) is 12.6. The van der Waals surface area contributed by atoms with Gasteiger partial charge >= 0.3 is 0 Å². The van der Waals surface area contributed by atoms with Crippen LogP contribution in [0.15, 0.2) is 54.7 Å². The molecule has 0 radical (unpaired) electrons. The zero-order chi connectivity index (χ0) is 18.5. The van der Waals surface area contributed by atoms with Gasteiger partial charge in [-0.3, -0.25) is 4.79 Å². The first-order valence-electron chi connectivity index (χ1n) is 8.31. The minimum atomic E-state index is -0.144. The molecule has 2 aromatic carbocycles. The second-order valence-electron chi connectivity index (χ2n) is 5.85. The van der Waals surface area contributed by atoms with E-state index in [1.807, 2.05) is 55.5 Å².